The molecule has 2 atom stereocenters. The number of furan rings is 1. The van der Waals surface area contributed by atoms with Crippen molar-refractivity contribution in [2.45, 2.75) is 37.6 Å². The molecule has 5 nitrogen and oxygen atoms in total. The zero-order valence-corrected chi connectivity index (χ0v) is 14.8. The molecular weight excluding hydrogens is 326 g/mol. The van der Waals surface area contributed by atoms with Gasteiger partial charge in [-0.05, 0) is 43.5 Å². The highest BCUT2D eigenvalue weighted by Gasteiger charge is 2.36. The van der Waals surface area contributed by atoms with Crippen LogP contribution in [0.25, 0.3) is 0 Å². The maximum Gasteiger partial charge on any atom is 0.243 e. The third-order valence-corrected chi connectivity index (χ3v) is 6.28. The Balaban J connectivity index is 1.78. The molecule has 0 amide bonds. The largest absolute Gasteiger partial charge is 0.464 e. The lowest BCUT2D eigenvalue weighted by molar-refractivity contribution is 0.101. The van der Waals surface area contributed by atoms with Crippen LogP contribution in [0.15, 0.2) is 45.7 Å². The van der Waals surface area contributed by atoms with Gasteiger partial charge in [0.05, 0.1) is 11.4 Å². The summed E-state index contributed by atoms with van der Waals surface area (Å²) < 4.78 is 32.4. The average Bonchev–Trinajstić information content (AvgIpc) is 3.09. The van der Waals surface area contributed by atoms with E-state index < -0.39 is 10.0 Å². The highest BCUT2D eigenvalue weighted by atomic mass is 32.2. The number of carbonyl (C=O) groups excluding carboxylic acids is 1. The molecule has 0 spiro atoms. The van der Waals surface area contributed by atoms with Gasteiger partial charge in [-0.1, -0.05) is 19.1 Å². The van der Waals surface area contributed by atoms with E-state index in [2.05, 4.69) is 6.92 Å². The molecule has 128 valence electrons. The quantitative estimate of drug-likeness (QED) is 0.751. The number of Topliss-reactive ketones (excluding diaryl/α,β-unsaturated/α-hetero) is 1. The van der Waals surface area contributed by atoms with Gasteiger partial charge in [0.2, 0.25) is 10.0 Å². The van der Waals surface area contributed by atoms with E-state index in [4.69, 9.17) is 4.42 Å². The van der Waals surface area contributed by atoms with Crippen molar-refractivity contribution in [2.75, 3.05) is 7.05 Å². The van der Waals surface area contributed by atoms with Gasteiger partial charge in [-0.15, -0.1) is 0 Å². The number of hydrogen-bond donors (Lipinski definition) is 0. The molecule has 1 aliphatic rings. The monoisotopic (exact) mass is 347 g/mol. The topological polar surface area (TPSA) is 67.6 Å². The van der Waals surface area contributed by atoms with Gasteiger partial charge in [0.1, 0.15) is 11.5 Å². The van der Waals surface area contributed by atoms with E-state index in [1.54, 1.807) is 12.1 Å². The Morgan fingerprint density at radius 2 is 2.00 bits per heavy atom. The van der Waals surface area contributed by atoms with Crippen LogP contribution in [-0.2, 0) is 16.6 Å². The van der Waals surface area contributed by atoms with Gasteiger partial charge in [0, 0.05) is 18.5 Å². The summed E-state index contributed by atoms with van der Waals surface area (Å²) in [6.07, 6.45) is 1.12. The first-order chi connectivity index (χ1) is 11.3. The molecule has 0 bridgehead atoms. The molecule has 0 N–H and O–H groups in total. The molecule has 0 radical (unpaired) electrons. The molecular formula is C18H21NO4S. The first kappa shape index (κ1) is 16.9. The molecule has 3 rings (SSSR count). The van der Waals surface area contributed by atoms with Crippen LogP contribution in [0.3, 0.4) is 0 Å². The predicted octanol–water partition coefficient (Wildman–Crippen LogP) is 3.43. The van der Waals surface area contributed by atoms with Gasteiger partial charge < -0.3 is 4.42 Å². The Hall–Kier alpha value is -1.92. The van der Waals surface area contributed by atoms with E-state index in [0.717, 1.165) is 12.2 Å². The average molecular weight is 347 g/mol. The van der Waals surface area contributed by atoms with Crippen molar-refractivity contribution in [2.24, 2.45) is 5.92 Å². The molecule has 1 aromatic carbocycles. The fourth-order valence-electron chi connectivity index (χ4n) is 2.76. The lowest BCUT2D eigenvalue weighted by Gasteiger charge is -2.16. The molecule has 0 saturated heterocycles. The van der Waals surface area contributed by atoms with E-state index in [-0.39, 0.29) is 17.2 Å². The second-order valence-corrected chi connectivity index (χ2v) is 8.51. The lowest BCUT2D eigenvalue weighted by atomic mass is 10.2. The normalized spacial score (nSPS) is 20.3. The van der Waals surface area contributed by atoms with E-state index in [0.29, 0.717) is 23.2 Å². The summed E-state index contributed by atoms with van der Waals surface area (Å²) in [4.78, 5) is 11.6. The van der Waals surface area contributed by atoms with Crippen molar-refractivity contribution < 1.29 is 17.6 Å². The fourth-order valence-corrected chi connectivity index (χ4v) is 3.94. The third kappa shape index (κ3) is 3.30. The maximum absolute atomic E-state index is 12.7. The second-order valence-electron chi connectivity index (χ2n) is 6.47. The zero-order valence-electron chi connectivity index (χ0n) is 14.0. The van der Waals surface area contributed by atoms with Crippen molar-refractivity contribution in [3.05, 3.63) is 53.5 Å². The Morgan fingerprint density at radius 3 is 2.62 bits per heavy atom. The molecule has 1 aliphatic carbocycles. The summed E-state index contributed by atoms with van der Waals surface area (Å²) in [5.74, 6) is 2.50. The van der Waals surface area contributed by atoms with Crippen molar-refractivity contribution in [1.29, 1.82) is 0 Å². The van der Waals surface area contributed by atoms with Crippen LogP contribution in [0, 0.1) is 5.92 Å². The summed E-state index contributed by atoms with van der Waals surface area (Å²) in [5.41, 5.74) is 0.382. The van der Waals surface area contributed by atoms with Crippen LogP contribution in [0.5, 0.6) is 0 Å². The van der Waals surface area contributed by atoms with E-state index in [1.165, 1.54) is 30.4 Å². The number of carbonyl (C=O) groups is 1. The first-order valence-electron chi connectivity index (χ1n) is 7.95. The number of ketones is 1. The molecule has 1 aromatic heterocycles. The standard InChI is InChI=1S/C18H21NO4S/c1-12-9-17(12)18-8-7-15(23-18)11-19(3)24(21,22)16-6-4-5-14(10-16)13(2)20/h4-8,10,12,17H,9,11H2,1-3H3/t12-,17-/m1/s1. The zero-order chi connectivity index (χ0) is 17.5. The minimum atomic E-state index is -3.68. The van der Waals surface area contributed by atoms with Gasteiger partial charge in [0.15, 0.2) is 5.78 Å². The molecule has 0 unspecified atom stereocenters. The number of rotatable bonds is 6. The third-order valence-electron chi connectivity index (χ3n) is 4.48. The Bertz CT molecular complexity index is 869. The molecule has 0 aliphatic heterocycles. The van der Waals surface area contributed by atoms with Gasteiger partial charge in [-0.3, -0.25) is 4.79 Å². The fraction of sp³-hybridized carbons (Fsp3) is 0.389. The van der Waals surface area contributed by atoms with Gasteiger partial charge in [-0.2, -0.15) is 4.31 Å². The number of sulfonamides is 1. The van der Waals surface area contributed by atoms with E-state index >= 15 is 0 Å². The Morgan fingerprint density at radius 1 is 1.29 bits per heavy atom. The summed E-state index contributed by atoms with van der Waals surface area (Å²) in [6, 6.07) is 9.86. The number of nitrogens with zero attached hydrogens (tertiary/aromatic N) is 1. The molecule has 24 heavy (non-hydrogen) atoms. The minimum absolute atomic E-state index is 0.111. The van der Waals surface area contributed by atoms with Crippen molar-refractivity contribution in [3.63, 3.8) is 0 Å². The smallest absolute Gasteiger partial charge is 0.243 e. The molecule has 1 saturated carbocycles. The van der Waals surface area contributed by atoms with Crippen molar-refractivity contribution in [3.8, 4) is 0 Å². The summed E-state index contributed by atoms with van der Waals surface area (Å²) >= 11 is 0. The maximum atomic E-state index is 12.7. The van der Waals surface area contributed by atoms with Gasteiger partial charge in [0.25, 0.3) is 0 Å². The van der Waals surface area contributed by atoms with Crippen LogP contribution in [0.4, 0.5) is 0 Å². The van der Waals surface area contributed by atoms with Gasteiger partial charge in [-0.25, -0.2) is 8.42 Å². The van der Waals surface area contributed by atoms with E-state index in [1.807, 2.05) is 12.1 Å². The highest BCUT2D eigenvalue weighted by molar-refractivity contribution is 7.89. The van der Waals surface area contributed by atoms with Crippen LogP contribution >= 0.6 is 0 Å². The Labute approximate surface area is 142 Å². The number of hydrogen-bond acceptors (Lipinski definition) is 4. The molecule has 1 fully saturated rings. The van der Waals surface area contributed by atoms with Crippen molar-refractivity contribution in [1.82, 2.24) is 4.31 Å². The Kier molecular flexibility index (Phi) is 4.36. The summed E-state index contributed by atoms with van der Waals surface area (Å²) in [5, 5.41) is 0. The van der Waals surface area contributed by atoms with Gasteiger partial charge >= 0.3 is 0 Å². The summed E-state index contributed by atoms with van der Waals surface area (Å²) in [7, 11) is -2.17. The summed E-state index contributed by atoms with van der Waals surface area (Å²) in [6.45, 7) is 3.75. The van der Waals surface area contributed by atoms with Crippen LogP contribution in [0.1, 0.15) is 48.1 Å². The predicted molar refractivity (Wildman–Crippen MR) is 90.3 cm³/mol. The van der Waals surface area contributed by atoms with Crippen molar-refractivity contribution >= 4 is 15.8 Å². The van der Waals surface area contributed by atoms with Crippen LogP contribution in [-0.4, -0.2) is 25.6 Å². The van der Waals surface area contributed by atoms with Crippen LogP contribution < -0.4 is 0 Å². The lowest BCUT2D eigenvalue weighted by Crippen LogP contribution is -2.26. The molecule has 2 aromatic rings. The van der Waals surface area contributed by atoms with E-state index in [9.17, 15) is 13.2 Å². The van der Waals surface area contributed by atoms with Crippen LogP contribution in [0.2, 0.25) is 0 Å². The SMILES string of the molecule is CC(=O)c1cccc(S(=O)(=O)N(C)Cc2ccc([C@@H]3C[C@H]3C)o2)c1. The second kappa shape index (κ2) is 6.18. The molecule has 6 heteroatoms. The highest BCUT2D eigenvalue weighted by Crippen LogP contribution is 2.47. The minimum Gasteiger partial charge on any atom is -0.464 e. The first-order valence-corrected chi connectivity index (χ1v) is 9.39. The number of benzene rings is 1. The molecule has 1 heterocycles.